The normalized spacial score (nSPS) is 41.0. The summed E-state index contributed by atoms with van der Waals surface area (Å²) >= 11 is 0. The van der Waals surface area contributed by atoms with E-state index >= 15 is 0 Å². The summed E-state index contributed by atoms with van der Waals surface area (Å²) in [6.45, 7) is 2.64. The fourth-order valence-corrected chi connectivity index (χ4v) is 7.80. The molecule has 2 fully saturated rings. The summed E-state index contributed by atoms with van der Waals surface area (Å²) < 4.78 is 36.0. The average Bonchev–Trinajstić information content (AvgIpc) is 3.24. The predicted molar refractivity (Wildman–Crippen MR) is 244 cm³/mol. The molecule has 0 aromatic heterocycles. The third-order valence-electron chi connectivity index (χ3n) is 11.4. The number of urea groups is 1. The molecule has 2 amide bonds. The summed E-state index contributed by atoms with van der Waals surface area (Å²) in [4.78, 5) is 25.4. The maximum Gasteiger partial charge on any atom is 0.315 e. The van der Waals surface area contributed by atoms with Crippen molar-refractivity contribution in [1.29, 1.82) is 0 Å². The number of esters is 1. The van der Waals surface area contributed by atoms with Gasteiger partial charge in [-0.2, -0.15) is 0 Å². The number of hydrogen-bond acceptors (Lipinski definition) is 16. The Morgan fingerprint density at radius 3 is 1.94 bits per heavy atom. The smallest absolute Gasteiger partial charge is 0.315 e. The summed E-state index contributed by atoms with van der Waals surface area (Å²) in [6, 6.07) is -1.95. The van der Waals surface area contributed by atoms with Crippen molar-refractivity contribution in [3.05, 3.63) is 85.1 Å². The number of cyclic esters (lactones) is 1. The van der Waals surface area contributed by atoms with E-state index in [9.17, 15) is 65.0 Å². The first-order chi connectivity index (χ1) is 31.9. The third kappa shape index (κ3) is 23.0. The number of carbonyl (C=O) groups is 2. The van der Waals surface area contributed by atoms with Crippen LogP contribution < -0.4 is 10.6 Å². The molecule has 12 N–H and O–H groups in total. The second kappa shape index (κ2) is 30.7. The van der Waals surface area contributed by atoms with E-state index in [0.29, 0.717) is 0 Å². The summed E-state index contributed by atoms with van der Waals surface area (Å²) in [5, 5.41) is 113. The van der Waals surface area contributed by atoms with Crippen LogP contribution in [0.3, 0.4) is 0 Å². The third-order valence-corrected chi connectivity index (χ3v) is 11.4. The number of amides is 2. The molecule has 0 spiro atoms. The van der Waals surface area contributed by atoms with Crippen LogP contribution in [0.15, 0.2) is 85.1 Å². The van der Waals surface area contributed by atoms with Crippen molar-refractivity contribution in [2.45, 2.75) is 176 Å². The molecule has 3 heterocycles. The minimum Gasteiger partial charge on any atom is -0.462 e. The maximum atomic E-state index is 12.9. The van der Waals surface area contributed by atoms with Crippen molar-refractivity contribution in [2.75, 3.05) is 19.8 Å². The van der Waals surface area contributed by atoms with Gasteiger partial charge in [-0.15, -0.1) is 0 Å². The van der Waals surface area contributed by atoms with Crippen LogP contribution in [-0.4, -0.2) is 174 Å². The molecule has 380 valence electrons. The molecule has 16 atom stereocenters. The molecule has 0 radical (unpaired) electrons. The van der Waals surface area contributed by atoms with Crippen LogP contribution in [0.5, 0.6) is 0 Å². The van der Waals surface area contributed by atoms with Gasteiger partial charge in [0.2, 0.25) is 0 Å². The molecule has 2 saturated heterocycles. The maximum absolute atomic E-state index is 12.9. The number of ether oxygens (including phenoxy) is 4. The highest BCUT2D eigenvalue weighted by atomic mass is 19.1. The van der Waals surface area contributed by atoms with Gasteiger partial charge >= 0.3 is 12.0 Å². The Bertz CT molecular complexity index is 1660. The molecule has 2 bridgehead atoms. The summed E-state index contributed by atoms with van der Waals surface area (Å²) in [6.07, 6.45) is 6.62. The van der Waals surface area contributed by atoms with Crippen molar-refractivity contribution in [3.63, 3.8) is 0 Å². The lowest BCUT2D eigenvalue weighted by atomic mass is 9.87. The van der Waals surface area contributed by atoms with Crippen LogP contribution in [0.25, 0.3) is 0 Å². The van der Waals surface area contributed by atoms with Crippen molar-refractivity contribution in [3.8, 4) is 0 Å². The van der Waals surface area contributed by atoms with E-state index in [0.717, 1.165) is 0 Å². The van der Waals surface area contributed by atoms with Crippen molar-refractivity contribution in [1.82, 2.24) is 10.6 Å². The van der Waals surface area contributed by atoms with Gasteiger partial charge in [0.15, 0.2) is 12.1 Å². The second-order valence-electron chi connectivity index (χ2n) is 17.6. The fraction of sp³-hybridized carbons (Fsp3) is 0.667. The lowest BCUT2D eigenvalue weighted by molar-refractivity contribution is -0.298. The Balaban J connectivity index is 1.87. The Morgan fingerprint density at radius 1 is 0.701 bits per heavy atom. The lowest BCUT2D eigenvalue weighted by Gasteiger charge is -2.46. The largest absolute Gasteiger partial charge is 0.462 e. The molecule has 67 heavy (non-hydrogen) atoms. The van der Waals surface area contributed by atoms with E-state index in [2.05, 4.69) is 10.6 Å². The zero-order chi connectivity index (χ0) is 49.4. The molecule has 0 aromatic rings. The Hall–Kier alpha value is -3.67. The van der Waals surface area contributed by atoms with Gasteiger partial charge in [-0.25, -0.2) is 4.79 Å². The summed E-state index contributed by atoms with van der Waals surface area (Å²) in [5.74, 6) is -3.24. The highest BCUT2D eigenvalue weighted by molar-refractivity contribution is 5.74. The highest BCUT2D eigenvalue weighted by Gasteiger charge is 2.48. The van der Waals surface area contributed by atoms with Gasteiger partial charge in [0.25, 0.3) is 0 Å². The number of aliphatic hydroxyl groups excluding tert-OH is 9. The number of nitrogens with one attached hydrogen (secondary N) is 2. The van der Waals surface area contributed by atoms with Crippen LogP contribution in [-0.2, 0) is 23.7 Å². The number of halogens is 1. The topological polar surface area (TPSA) is 297 Å². The van der Waals surface area contributed by atoms with Crippen LogP contribution in [0.2, 0.25) is 0 Å². The van der Waals surface area contributed by atoms with Gasteiger partial charge in [-0.05, 0) is 32.6 Å². The molecule has 3 aliphatic heterocycles. The fourth-order valence-electron chi connectivity index (χ4n) is 7.80. The van der Waals surface area contributed by atoms with E-state index in [1.165, 1.54) is 0 Å². The minimum absolute atomic E-state index is 0.0101. The quantitative estimate of drug-likeness (QED) is 0.133. The summed E-state index contributed by atoms with van der Waals surface area (Å²) in [7, 11) is 0. The van der Waals surface area contributed by atoms with Gasteiger partial charge in [0.05, 0.1) is 86.8 Å². The zero-order valence-electron chi connectivity index (χ0n) is 38.4. The number of rotatable bonds is 6. The average molecular weight is 955 g/mol. The zero-order valence-corrected chi connectivity index (χ0v) is 38.4. The molecule has 3 aliphatic rings. The van der Waals surface area contributed by atoms with Gasteiger partial charge in [0, 0.05) is 51.0 Å². The van der Waals surface area contributed by atoms with E-state index in [4.69, 9.17) is 18.9 Å². The van der Waals surface area contributed by atoms with Crippen LogP contribution in [0, 0.1) is 5.92 Å². The first-order valence-electron chi connectivity index (χ1n) is 23.2. The number of aliphatic hydroxyl groups is 10. The molecule has 18 nitrogen and oxygen atoms in total. The first-order valence-corrected chi connectivity index (χ1v) is 23.2. The monoisotopic (exact) mass is 955 g/mol. The van der Waals surface area contributed by atoms with Crippen molar-refractivity contribution >= 4 is 12.0 Å². The van der Waals surface area contributed by atoms with E-state index in [-0.39, 0.29) is 64.0 Å². The van der Waals surface area contributed by atoms with Crippen molar-refractivity contribution in [2.24, 2.45) is 5.92 Å². The van der Waals surface area contributed by atoms with Gasteiger partial charge in [0.1, 0.15) is 12.2 Å². The highest BCUT2D eigenvalue weighted by Crippen LogP contribution is 2.35. The van der Waals surface area contributed by atoms with E-state index < -0.39 is 136 Å². The molecule has 0 aliphatic carbocycles. The van der Waals surface area contributed by atoms with Crippen LogP contribution in [0.1, 0.15) is 84.5 Å². The van der Waals surface area contributed by atoms with Gasteiger partial charge in [-0.3, -0.25) is 9.18 Å². The minimum atomic E-state index is -2.25. The number of allylic oxidation sites excluding steroid dienone is 12. The standard InChI is InChI=1S/C48H75FN2O16/c1-31-16-13-11-9-7-5-3-4-6-8-10-12-14-17-37(66-46-41(59)25-36(55)30-64-46)27-43-45(51-47(62)50-21-15-20-49)42(60)29-48(63,67-43)28-35(54)24-40(58)38(56)19-18-33(52)23-34(53)26-44(61)65-32(2)22-39(31)57/h3-14,16-17,31-43,45-46,52-60,63H,15,18-30H2,1-2H3,(H2,50,51,62)/b4-3+,7-5+,8-6+,11-9+,12-10+,16-13+,17-14+/t31-,32-,33+,34+,35-,36-,37-,38+,39-,40+,41-,42-,43-,45+,46-,48+/m0/s1. The second-order valence-corrected chi connectivity index (χ2v) is 17.6. The Morgan fingerprint density at radius 2 is 1.31 bits per heavy atom. The van der Waals surface area contributed by atoms with Gasteiger partial charge < -0.3 is 80.6 Å². The van der Waals surface area contributed by atoms with Crippen molar-refractivity contribution < 1.29 is 84.0 Å². The SMILES string of the molecule is C[C@H]1C[C@H](O)[C@@H](C)/C=C/C=C/C=C/C=C/C=C/C=C/C=C/[C@H](O[C@@H]2OC[C@@H](O)C[C@@H]2O)C[C@@H]2O[C@](O)(C[C@@H](O)C[C@@H](O)[C@H](O)CC[C@@H](O)C[C@@H](O)CC(=O)O1)C[C@H](O)[C@H]2NC(=O)NCCCF. The number of alkyl halides is 1. The Labute approximate surface area is 392 Å². The number of hydrogen-bond donors (Lipinski definition) is 12. The first kappa shape index (κ1) is 57.6. The predicted octanol–water partition coefficient (Wildman–Crippen LogP) is 1.47. The number of fused-ring (bicyclic) bond motifs is 2. The van der Waals surface area contributed by atoms with E-state index in [1.807, 2.05) is 37.3 Å². The summed E-state index contributed by atoms with van der Waals surface area (Å²) in [5.41, 5.74) is 0. The molecule has 3 rings (SSSR count). The van der Waals surface area contributed by atoms with E-state index in [1.54, 1.807) is 61.6 Å². The number of carbonyl (C=O) groups excluding carboxylic acids is 2. The van der Waals surface area contributed by atoms with Crippen LogP contribution in [0.4, 0.5) is 9.18 Å². The molecule has 0 unspecified atom stereocenters. The Kier molecular flexibility index (Phi) is 26.4. The molecule has 19 heteroatoms. The van der Waals surface area contributed by atoms with Crippen LogP contribution >= 0.6 is 0 Å². The molecule has 0 aromatic carbocycles. The van der Waals surface area contributed by atoms with Gasteiger partial charge in [-0.1, -0.05) is 92.0 Å². The molecular formula is C48H75FN2O16. The lowest BCUT2D eigenvalue weighted by Crippen LogP contribution is -2.63. The molecular weight excluding hydrogens is 880 g/mol. The molecule has 0 saturated carbocycles.